The summed E-state index contributed by atoms with van der Waals surface area (Å²) in [6.07, 6.45) is 0. The number of hydrogen-bond donors (Lipinski definition) is 2. The van der Waals surface area contributed by atoms with Gasteiger partial charge in [0.15, 0.2) is 11.6 Å². The molecule has 0 amide bonds. The van der Waals surface area contributed by atoms with Gasteiger partial charge in [0.25, 0.3) is 0 Å². The second-order valence-electron chi connectivity index (χ2n) is 4.74. The molecule has 0 aliphatic rings. The number of aryl methyl sites for hydroxylation is 2. The zero-order chi connectivity index (χ0) is 14.9. The van der Waals surface area contributed by atoms with E-state index in [1.54, 1.807) is 0 Å². The fourth-order valence-electron chi connectivity index (χ4n) is 2.22. The summed E-state index contributed by atoms with van der Waals surface area (Å²) in [5.74, 6) is 3.84. The van der Waals surface area contributed by atoms with E-state index in [2.05, 4.69) is 21.4 Å². The Bertz CT molecular complexity index is 621. The highest BCUT2D eigenvalue weighted by atomic mass is 79.9. The SMILES string of the molecule is Cc1cc(C(NN)c2ccc(F)c(F)c2)cc(C)c1Br. The molecule has 1 unspecified atom stereocenters. The summed E-state index contributed by atoms with van der Waals surface area (Å²) in [7, 11) is 0. The summed E-state index contributed by atoms with van der Waals surface area (Å²) >= 11 is 3.50. The molecule has 0 spiro atoms. The molecule has 0 fully saturated rings. The van der Waals surface area contributed by atoms with Crippen LogP contribution in [-0.4, -0.2) is 0 Å². The van der Waals surface area contributed by atoms with E-state index in [9.17, 15) is 8.78 Å². The van der Waals surface area contributed by atoms with E-state index in [0.29, 0.717) is 5.56 Å². The highest BCUT2D eigenvalue weighted by molar-refractivity contribution is 9.10. The number of nitrogens with one attached hydrogen (secondary N) is 1. The Balaban J connectivity index is 2.49. The molecule has 2 aromatic carbocycles. The molecule has 1 atom stereocenters. The van der Waals surface area contributed by atoms with Gasteiger partial charge in [-0.05, 0) is 48.2 Å². The average Bonchev–Trinajstić information content (AvgIpc) is 2.41. The van der Waals surface area contributed by atoms with Crippen LogP contribution >= 0.6 is 15.9 Å². The van der Waals surface area contributed by atoms with Crippen molar-refractivity contribution < 1.29 is 8.78 Å². The van der Waals surface area contributed by atoms with E-state index in [4.69, 9.17) is 5.84 Å². The molecule has 0 radical (unpaired) electrons. The first-order valence-electron chi connectivity index (χ1n) is 6.11. The Morgan fingerprint density at radius 2 is 1.60 bits per heavy atom. The zero-order valence-corrected chi connectivity index (χ0v) is 12.8. The third kappa shape index (κ3) is 2.90. The average molecular weight is 341 g/mol. The number of rotatable bonds is 3. The van der Waals surface area contributed by atoms with E-state index < -0.39 is 17.7 Å². The van der Waals surface area contributed by atoms with Crippen LogP contribution in [0.15, 0.2) is 34.8 Å². The standard InChI is InChI=1S/C15H15BrF2N2/c1-8-5-11(6-9(2)14(8)16)15(20-19)10-3-4-12(17)13(18)7-10/h3-7,15,20H,19H2,1-2H3. The highest BCUT2D eigenvalue weighted by Crippen LogP contribution is 2.29. The number of hydrazine groups is 1. The molecule has 5 heteroatoms. The van der Waals surface area contributed by atoms with Gasteiger partial charge in [0.05, 0.1) is 6.04 Å². The van der Waals surface area contributed by atoms with Crippen molar-refractivity contribution in [3.05, 3.63) is 68.7 Å². The van der Waals surface area contributed by atoms with Crippen LogP contribution in [0, 0.1) is 25.5 Å². The van der Waals surface area contributed by atoms with E-state index in [-0.39, 0.29) is 0 Å². The van der Waals surface area contributed by atoms with Crippen LogP contribution in [-0.2, 0) is 0 Å². The molecule has 0 bridgehead atoms. The van der Waals surface area contributed by atoms with E-state index in [0.717, 1.165) is 33.3 Å². The largest absolute Gasteiger partial charge is 0.271 e. The topological polar surface area (TPSA) is 38.0 Å². The maximum atomic E-state index is 13.4. The summed E-state index contributed by atoms with van der Waals surface area (Å²) in [5, 5.41) is 0. The highest BCUT2D eigenvalue weighted by Gasteiger charge is 2.16. The van der Waals surface area contributed by atoms with Gasteiger partial charge in [-0.2, -0.15) is 0 Å². The van der Waals surface area contributed by atoms with Crippen LogP contribution in [0.1, 0.15) is 28.3 Å². The van der Waals surface area contributed by atoms with Crippen molar-refractivity contribution in [1.29, 1.82) is 0 Å². The Morgan fingerprint density at radius 1 is 1.00 bits per heavy atom. The van der Waals surface area contributed by atoms with Crippen molar-refractivity contribution >= 4 is 15.9 Å². The lowest BCUT2D eigenvalue weighted by Gasteiger charge is -2.19. The molecule has 0 heterocycles. The zero-order valence-electron chi connectivity index (χ0n) is 11.2. The molecule has 2 aromatic rings. The van der Waals surface area contributed by atoms with Gasteiger partial charge < -0.3 is 0 Å². The van der Waals surface area contributed by atoms with Gasteiger partial charge >= 0.3 is 0 Å². The lowest BCUT2D eigenvalue weighted by Crippen LogP contribution is -2.29. The molecule has 0 aliphatic heterocycles. The minimum absolute atomic E-state index is 0.393. The van der Waals surface area contributed by atoms with E-state index in [1.165, 1.54) is 6.07 Å². The number of nitrogens with two attached hydrogens (primary N) is 1. The van der Waals surface area contributed by atoms with Crippen LogP contribution in [0.5, 0.6) is 0 Å². The molecule has 0 aliphatic carbocycles. The fourth-order valence-corrected chi connectivity index (χ4v) is 2.45. The first-order valence-corrected chi connectivity index (χ1v) is 6.91. The summed E-state index contributed by atoms with van der Waals surface area (Å²) in [6, 6.07) is 7.32. The van der Waals surface area contributed by atoms with Gasteiger partial charge in [0.2, 0.25) is 0 Å². The quantitative estimate of drug-likeness (QED) is 0.656. The van der Waals surface area contributed by atoms with Crippen molar-refractivity contribution in [2.24, 2.45) is 5.84 Å². The van der Waals surface area contributed by atoms with E-state index in [1.807, 2.05) is 26.0 Å². The monoisotopic (exact) mass is 340 g/mol. The number of benzene rings is 2. The first-order chi connectivity index (χ1) is 9.43. The summed E-state index contributed by atoms with van der Waals surface area (Å²) in [6.45, 7) is 3.94. The van der Waals surface area contributed by atoms with Gasteiger partial charge in [-0.15, -0.1) is 0 Å². The maximum Gasteiger partial charge on any atom is 0.159 e. The Kier molecular flexibility index (Phi) is 4.52. The van der Waals surface area contributed by atoms with Crippen LogP contribution in [0.25, 0.3) is 0 Å². The molecule has 20 heavy (non-hydrogen) atoms. The Hall–Kier alpha value is -1.30. The van der Waals surface area contributed by atoms with Gasteiger partial charge in [0, 0.05) is 4.47 Å². The molecule has 3 N–H and O–H groups in total. The van der Waals surface area contributed by atoms with Crippen LogP contribution < -0.4 is 11.3 Å². The van der Waals surface area contributed by atoms with Gasteiger partial charge in [-0.1, -0.05) is 34.1 Å². The predicted octanol–water partition coefficient (Wildman–Crippen LogP) is 3.90. The Morgan fingerprint density at radius 3 is 2.10 bits per heavy atom. The van der Waals surface area contributed by atoms with Crippen LogP contribution in [0.4, 0.5) is 8.78 Å². The molecule has 2 nitrogen and oxygen atoms in total. The van der Waals surface area contributed by atoms with Gasteiger partial charge in [0.1, 0.15) is 0 Å². The van der Waals surface area contributed by atoms with Crippen molar-refractivity contribution in [3.63, 3.8) is 0 Å². The molecular formula is C15H15BrF2N2. The second-order valence-corrected chi connectivity index (χ2v) is 5.53. The van der Waals surface area contributed by atoms with Crippen molar-refractivity contribution in [2.75, 3.05) is 0 Å². The molecule has 0 saturated heterocycles. The maximum absolute atomic E-state index is 13.4. The lowest BCUT2D eigenvalue weighted by molar-refractivity contribution is 0.504. The van der Waals surface area contributed by atoms with Crippen LogP contribution in [0.3, 0.4) is 0 Å². The van der Waals surface area contributed by atoms with Crippen molar-refractivity contribution in [3.8, 4) is 0 Å². The third-order valence-corrected chi connectivity index (χ3v) is 4.49. The second kappa shape index (κ2) is 5.99. The minimum atomic E-state index is -0.881. The number of halogens is 3. The summed E-state index contributed by atoms with van der Waals surface area (Å²) in [5.41, 5.74) is 6.24. The molecule has 0 aromatic heterocycles. The fraction of sp³-hybridized carbons (Fsp3) is 0.200. The first kappa shape index (κ1) is 15.1. The lowest BCUT2D eigenvalue weighted by atomic mass is 9.96. The third-order valence-electron chi connectivity index (χ3n) is 3.24. The minimum Gasteiger partial charge on any atom is -0.271 e. The van der Waals surface area contributed by atoms with Gasteiger partial charge in [-0.25, -0.2) is 14.2 Å². The molecule has 2 rings (SSSR count). The predicted molar refractivity (Wildman–Crippen MR) is 79.1 cm³/mol. The smallest absolute Gasteiger partial charge is 0.159 e. The van der Waals surface area contributed by atoms with Crippen molar-refractivity contribution in [1.82, 2.24) is 5.43 Å². The summed E-state index contributed by atoms with van der Waals surface area (Å²) < 4.78 is 27.4. The van der Waals surface area contributed by atoms with Crippen LogP contribution in [0.2, 0.25) is 0 Å². The molecule has 106 valence electrons. The Labute approximate surface area is 125 Å². The number of hydrogen-bond acceptors (Lipinski definition) is 2. The van der Waals surface area contributed by atoms with E-state index >= 15 is 0 Å². The van der Waals surface area contributed by atoms with Gasteiger partial charge in [-0.3, -0.25) is 5.84 Å². The summed E-state index contributed by atoms with van der Waals surface area (Å²) in [4.78, 5) is 0. The molecule has 0 saturated carbocycles. The normalized spacial score (nSPS) is 12.5. The molecular weight excluding hydrogens is 326 g/mol. The van der Waals surface area contributed by atoms with Crippen molar-refractivity contribution in [2.45, 2.75) is 19.9 Å².